The molecule has 0 amide bonds. The standard InChI is InChI=1S/C15H22BFO3/c1-6-18-10-11-7-8-13(17)12(9-11)16-19-14(2,3)15(4,5)20-16/h7-9H,6,10H2,1-5H3. The molecule has 0 aliphatic carbocycles. The van der Waals surface area contributed by atoms with Gasteiger partial charge in [0, 0.05) is 12.1 Å². The number of hydrogen-bond acceptors (Lipinski definition) is 3. The SMILES string of the molecule is CCOCc1ccc(F)c(B2OC(C)(C)C(C)(C)O2)c1. The lowest BCUT2D eigenvalue weighted by Gasteiger charge is -2.32. The van der Waals surface area contributed by atoms with E-state index in [4.69, 9.17) is 14.0 Å². The first kappa shape index (κ1) is 15.5. The van der Waals surface area contributed by atoms with Gasteiger partial charge in [0.2, 0.25) is 0 Å². The molecule has 0 unspecified atom stereocenters. The van der Waals surface area contributed by atoms with E-state index in [1.807, 2.05) is 34.6 Å². The summed E-state index contributed by atoms with van der Waals surface area (Å²) in [7, 11) is -0.679. The van der Waals surface area contributed by atoms with Crippen LogP contribution in [0.2, 0.25) is 0 Å². The third kappa shape index (κ3) is 2.90. The number of hydrogen-bond donors (Lipinski definition) is 0. The molecule has 20 heavy (non-hydrogen) atoms. The van der Waals surface area contributed by atoms with Crippen LogP contribution in [0.5, 0.6) is 0 Å². The van der Waals surface area contributed by atoms with E-state index in [9.17, 15) is 4.39 Å². The number of rotatable bonds is 4. The first-order valence-corrected chi connectivity index (χ1v) is 6.98. The predicted molar refractivity (Wildman–Crippen MR) is 77.4 cm³/mol. The maximum absolute atomic E-state index is 14.0. The summed E-state index contributed by atoms with van der Waals surface area (Å²) in [6, 6.07) is 4.92. The van der Waals surface area contributed by atoms with Crippen molar-refractivity contribution in [1.82, 2.24) is 0 Å². The Balaban J connectivity index is 2.25. The minimum atomic E-state index is -0.679. The fourth-order valence-electron chi connectivity index (χ4n) is 2.05. The van der Waals surface area contributed by atoms with Crippen LogP contribution in [0.15, 0.2) is 18.2 Å². The van der Waals surface area contributed by atoms with E-state index in [0.29, 0.717) is 18.7 Å². The highest BCUT2D eigenvalue weighted by atomic mass is 19.1. The third-order valence-electron chi connectivity index (χ3n) is 4.04. The Morgan fingerprint density at radius 3 is 2.30 bits per heavy atom. The maximum atomic E-state index is 14.0. The average Bonchev–Trinajstić information content (AvgIpc) is 2.57. The molecule has 3 nitrogen and oxygen atoms in total. The van der Waals surface area contributed by atoms with Crippen LogP contribution in [-0.2, 0) is 20.7 Å². The van der Waals surface area contributed by atoms with Gasteiger partial charge in [0.05, 0.1) is 17.8 Å². The van der Waals surface area contributed by atoms with E-state index in [2.05, 4.69) is 0 Å². The lowest BCUT2D eigenvalue weighted by Crippen LogP contribution is -2.41. The molecule has 1 aromatic rings. The summed E-state index contributed by atoms with van der Waals surface area (Å²) < 4.78 is 31.2. The monoisotopic (exact) mass is 280 g/mol. The molecule has 5 heteroatoms. The van der Waals surface area contributed by atoms with Crippen LogP contribution in [0.3, 0.4) is 0 Å². The van der Waals surface area contributed by atoms with Gasteiger partial charge in [0.15, 0.2) is 0 Å². The van der Waals surface area contributed by atoms with Gasteiger partial charge in [-0.1, -0.05) is 12.1 Å². The molecule has 0 bridgehead atoms. The number of halogens is 1. The van der Waals surface area contributed by atoms with E-state index < -0.39 is 18.3 Å². The first-order chi connectivity index (χ1) is 9.27. The van der Waals surface area contributed by atoms with Crippen LogP contribution in [-0.4, -0.2) is 24.9 Å². The van der Waals surface area contributed by atoms with Gasteiger partial charge in [0.25, 0.3) is 0 Å². The Kier molecular flexibility index (Phi) is 4.23. The number of ether oxygens (including phenoxy) is 1. The third-order valence-corrected chi connectivity index (χ3v) is 4.04. The zero-order chi connectivity index (χ0) is 15.0. The molecule has 1 aromatic carbocycles. The highest BCUT2D eigenvalue weighted by Gasteiger charge is 2.52. The summed E-state index contributed by atoms with van der Waals surface area (Å²) in [6.07, 6.45) is 0. The zero-order valence-electron chi connectivity index (χ0n) is 12.8. The largest absolute Gasteiger partial charge is 0.497 e. The minimum absolute atomic E-state index is 0.316. The van der Waals surface area contributed by atoms with Crippen molar-refractivity contribution in [3.05, 3.63) is 29.6 Å². The van der Waals surface area contributed by atoms with Gasteiger partial charge < -0.3 is 14.0 Å². The normalized spacial score (nSPS) is 20.4. The van der Waals surface area contributed by atoms with E-state index in [-0.39, 0.29) is 5.82 Å². The highest BCUT2D eigenvalue weighted by molar-refractivity contribution is 6.62. The van der Waals surface area contributed by atoms with E-state index >= 15 is 0 Å². The second kappa shape index (κ2) is 5.47. The Hall–Kier alpha value is -0.905. The molecular weight excluding hydrogens is 258 g/mol. The maximum Gasteiger partial charge on any atom is 0.497 e. The Morgan fingerprint density at radius 1 is 1.15 bits per heavy atom. The summed E-state index contributed by atoms with van der Waals surface area (Å²) in [5.41, 5.74) is 0.402. The smallest absolute Gasteiger partial charge is 0.399 e. The summed E-state index contributed by atoms with van der Waals surface area (Å²) in [5, 5.41) is 0. The molecule has 0 aromatic heterocycles. The van der Waals surface area contributed by atoms with Gasteiger partial charge >= 0.3 is 7.12 Å². The molecule has 2 rings (SSSR count). The van der Waals surface area contributed by atoms with Gasteiger partial charge in [-0.15, -0.1) is 0 Å². The molecule has 110 valence electrons. The van der Waals surface area contributed by atoms with Crippen molar-refractivity contribution in [2.24, 2.45) is 0 Å². The summed E-state index contributed by atoms with van der Waals surface area (Å²) in [4.78, 5) is 0. The number of benzene rings is 1. The molecule has 1 heterocycles. The Bertz CT molecular complexity index is 472. The molecular formula is C15H22BFO3. The van der Waals surface area contributed by atoms with Gasteiger partial charge in [0.1, 0.15) is 5.82 Å². The van der Waals surface area contributed by atoms with Crippen LogP contribution in [0.4, 0.5) is 4.39 Å². The fourth-order valence-corrected chi connectivity index (χ4v) is 2.05. The van der Waals surface area contributed by atoms with Crippen molar-refractivity contribution in [3.8, 4) is 0 Å². The van der Waals surface area contributed by atoms with Gasteiger partial charge in [-0.05, 0) is 46.2 Å². The molecule has 0 spiro atoms. The Morgan fingerprint density at radius 2 is 1.75 bits per heavy atom. The van der Waals surface area contributed by atoms with Gasteiger partial charge in [-0.25, -0.2) is 4.39 Å². The minimum Gasteiger partial charge on any atom is -0.399 e. The van der Waals surface area contributed by atoms with Crippen molar-refractivity contribution in [2.45, 2.75) is 52.4 Å². The molecule has 1 aliphatic rings. The molecule has 0 radical (unpaired) electrons. The lowest BCUT2D eigenvalue weighted by atomic mass is 9.78. The Labute approximate surface area is 120 Å². The topological polar surface area (TPSA) is 27.7 Å². The predicted octanol–water partition coefficient (Wildman–Crippen LogP) is 2.66. The lowest BCUT2D eigenvalue weighted by molar-refractivity contribution is 0.00578. The molecule has 1 aliphatic heterocycles. The van der Waals surface area contributed by atoms with Crippen molar-refractivity contribution < 1.29 is 18.4 Å². The quantitative estimate of drug-likeness (QED) is 0.794. The zero-order valence-corrected chi connectivity index (χ0v) is 12.8. The molecule has 0 saturated carbocycles. The molecule has 0 N–H and O–H groups in total. The summed E-state index contributed by atoms with van der Waals surface area (Å²) >= 11 is 0. The van der Waals surface area contributed by atoms with E-state index in [0.717, 1.165) is 5.56 Å². The highest BCUT2D eigenvalue weighted by Crippen LogP contribution is 2.36. The van der Waals surface area contributed by atoms with Crippen molar-refractivity contribution >= 4 is 12.6 Å². The van der Waals surface area contributed by atoms with Crippen LogP contribution < -0.4 is 5.46 Å². The second-order valence-electron chi connectivity index (χ2n) is 6.08. The van der Waals surface area contributed by atoms with Crippen LogP contribution in [0, 0.1) is 5.82 Å². The van der Waals surface area contributed by atoms with Crippen LogP contribution in [0.25, 0.3) is 0 Å². The van der Waals surface area contributed by atoms with Crippen molar-refractivity contribution in [1.29, 1.82) is 0 Å². The van der Waals surface area contributed by atoms with E-state index in [1.54, 1.807) is 12.1 Å². The molecule has 0 atom stereocenters. The van der Waals surface area contributed by atoms with Gasteiger partial charge in [-0.3, -0.25) is 0 Å². The van der Waals surface area contributed by atoms with Crippen molar-refractivity contribution in [2.75, 3.05) is 6.61 Å². The summed E-state index contributed by atoms with van der Waals surface area (Å²) in [6.45, 7) is 10.8. The first-order valence-electron chi connectivity index (χ1n) is 6.98. The van der Waals surface area contributed by atoms with Crippen molar-refractivity contribution in [3.63, 3.8) is 0 Å². The second-order valence-corrected chi connectivity index (χ2v) is 6.08. The van der Waals surface area contributed by atoms with Gasteiger partial charge in [-0.2, -0.15) is 0 Å². The molecule has 1 saturated heterocycles. The average molecular weight is 280 g/mol. The van der Waals surface area contributed by atoms with E-state index in [1.165, 1.54) is 6.07 Å². The van der Waals surface area contributed by atoms with Crippen LogP contribution in [0.1, 0.15) is 40.2 Å². The molecule has 1 fully saturated rings. The van der Waals surface area contributed by atoms with Crippen LogP contribution >= 0.6 is 0 Å². The fraction of sp³-hybridized carbons (Fsp3) is 0.600. The summed E-state index contributed by atoms with van der Waals surface area (Å²) in [5.74, 6) is -0.316.